The third-order valence-electron chi connectivity index (χ3n) is 2.19. The van der Waals surface area contributed by atoms with Gasteiger partial charge in [0, 0.05) is 18.4 Å². The third-order valence-corrected chi connectivity index (χ3v) is 2.46. The molecule has 0 aliphatic heterocycles. The summed E-state index contributed by atoms with van der Waals surface area (Å²) in [7, 11) is 0. The van der Waals surface area contributed by atoms with Crippen molar-refractivity contribution < 1.29 is 19.2 Å². The SMILES string of the molecule is C=C(CC(=O)NN)C(=O)Cl.NNC(=O)CCCCC(=O)NN. The molecule has 0 saturated heterocycles. The zero-order valence-electron chi connectivity index (χ0n) is 12.0. The van der Waals surface area contributed by atoms with Gasteiger partial charge in [0.15, 0.2) is 0 Å². The molecule has 0 bridgehead atoms. The standard InChI is InChI=1S/C6H14N4O2.C5H7ClN2O2/c7-9-5(11)3-1-2-4-6(12)10-8;1-3(5(6)10)2-4(9)8-7/h1-4,7-8H2,(H,9,11)(H,10,12);1-2,7H2,(H,8,9). The first-order valence-corrected chi connectivity index (χ1v) is 6.52. The Bertz CT molecular complexity index is 397. The molecule has 0 aromatic heterocycles. The number of nitrogens with two attached hydrogens (primary N) is 3. The molecule has 0 fully saturated rings. The summed E-state index contributed by atoms with van der Waals surface area (Å²) < 4.78 is 0. The maximum absolute atomic E-state index is 10.6. The van der Waals surface area contributed by atoms with Crippen molar-refractivity contribution in [2.75, 3.05) is 0 Å². The molecule has 0 saturated carbocycles. The van der Waals surface area contributed by atoms with Gasteiger partial charge < -0.3 is 0 Å². The van der Waals surface area contributed by atoms with Crippen molar-refractivity contribution in [3.05, 3.63) is 12.2 Å². The average Bonchev–Trinajstić information content (AvgIpc) is 2.51. The predicted octanol–water partition coefficient (Wildman–Crippen LogP) is -1.79. The van der Waals surface area contributed by atoms with E-state index in [0.29, 0.717) is 25.7 Å². The highest BCUT2D eigenvalue weighted by atomic mass is 35.5. The van der Waals surface area contributed by atoms with Gasteiger partial charge in [0.2, 0.25) is 23.0 Å². The quantitative estimate of drug-likeness (QED) is 0.0755. The van der Waals surface area contributed by atoms with Gasteiger partial charge in [0.05, 0.1) is 6.42 Å². The first-order chi connectivity index (χ1) is 10.3. The molecule has 3 amide bonds. The van der Waals surface area contributed by atoms with E-state index < -0.39 is 11.1 Å². The normalized spacial score (nSPS) is 8.91. The number of rotatable bonds is 8. The second-order valence-corrected chi connectivity index (χ2v) is 4.31. The maximum atomic E-state index is 10.6. The van der Waals surface area contributed by atoms with Crippen LogP contribution >= 0.6 is 11.6 Å². The maximum Gasteiger partial charge on any atom is 0.248 e. The van der Waals surface area contributed by atoms with Crippen molar-refractivity contribution >= 4 is 34.6 Å². The monoisotopic (exact) mass is 336 g/mol. The largest absolute Gasteiger partial charge is 0.294 e. The minimum atomic E-state index is -0.719. The Morgan fingerprint density at radius 2 is 1.18 bits per heavy atom. The van der Waals surface area contributed by atoms with Crippen molar-refractivity contribution in [1.82, 2.24) is 16.3 Å². The van der Waals surface area contributed by atoms with Gasteiger partial charge >= 0.3 is 0 Å². The lowest BCUT2D eigenvalue weighted by atomic mass is 10.2. The van der Waals surface area contributed by atoms with Crippen molar-refractivity contribution in [2.24, 2.45) is 17.5 Å². The molecule has 0 aromatic rings. The summed E-state index contributed by atoms with van der Waals surface area (Å²) in [4.78, 5) is 41.8. The van der Waals surface area contributed by atoms with E-state index in [4.69, 9.17) is 29.1 Å². The molecule has 0 heterocycles. The Morgan fingerprint density at radius 3 is 1.45 bits per heavy atom. The molecule has 0 radical (unpaired) electrons. The molecule has 9 N–H and O–H groups in total. The Hall–Kier alpha value is -2.01. The van der Waals surface area contributed by atoms with Crippen LogP contribution in [0.2, 0.25) is 0 Å². The number of hydrazine groups is 3. The van der Waals surface area contributed by atoms with E-state index >= 15 is 0 Å². The fourth-order valence-corrected chi connectivity index (χ4v) is 1.10. The first-order valence-electron chi connectivity index (χ1n) is 6.14. The van der Waals surface area contributed by atoms with Crippen molar-refractivity contribution in [1.29, 1.82) is 0 Å². The number of hydrogen-bond acceptors (Lipinski definition) is 7. The lowest BCUT2D eigenvalue weighted by molar-refractivity contribution is -0.123. The van der Waals surface area contributed by atoms with E-state index in [9.17, 15) is 19.2 Å². The van der Waals surface area contributed by atoms with Crippen LogP contribution in [0.1, 0.15) is 32.1 Å². The van der Waals surface area contributed by atoms with Crippen LogP contribution in [0.3, 0.4) is 0 Å². The molecule has 11 heteroatoms. The summed E-state index contributed by atoms with van der Waals surface area (Å²) in [5.74, 6) is 13.5. The van der Waals surface area contributed by atoms with Crippen molar-refractivity contribution in [2.45, 2.75) is 32.1 Å². The lowest BCUT2D eigenvalue weighted by Gasteiger charge is -1.99. The van der Waals surface area contributed by atoms with Crippen LogP contribution in [0.4, 0.5) is 0 Å². The molecule has 0 aliphatic carbocycles. The molecular formula is C11H21ClN6O4. The van der Waals surface area contributed by atoms with Gasteiger partial charge in [-0.3, -0.25) is 35.5 Å². The van der Waals surface area contributed by atoms with Gasteiger partial charge in [-0.25, -0.2) is 17.5 Å². The zero-order chi connectivity index (χ0) is 17.5. The van der Waals surface area contributed by atoms with Crippen LogP contribution in [0.25, 0.3) is 0 Å². The number of amides is 3. The highest BCUT2D eigenvalue weighted by Gasteiger charge is 2.07. The Morgan fingerprint density at radius 1 is 0.818 bits per heavy atom. The number of halogens is 1. The van der Waals surface area contributed by atoms with Gasteiger partial charge in [-0.15, -0.1) is 0 Å². The third kappa shape index (κ3) is 14.4. The topological polar surface area (TPSA) is 182 Å². The Labute approximate surface area is 132 Å². The van der Waals surface area contributed by atoms with Crippen LogP contribution in [-0.2, 0) is 19.2 Å². The average molecular weight is 337 g/mol. The second-order valence-electron chi connectivity index (χ2n) is 3.96. The summed E-state index contributed by atoms with van der Waals surface area (Å²) in [6.45, 7) is 3.24. The van der Waals surface area contributed by atoms with E-state index in [0.717, 1.165) is 0 Å². The number of carbonyl (C=O) groups is 4. The van der Waals surface area contributed by atoms with Crippen molar-refractivity contribution in [3.8, 4) is 0 Å². The fourth-order valence-electron chi connectivity index (χ4n) is 1.03. The number of unbranched alkanes of at least 4 members (excludes halogenated alkanes) is 1. The summed E-state index contributed by atoms with van der Waals surface area (Å²) in [5.41, 5.74) is 5.88. The van der Waals surface area contributed by atoms with Gasteiger partial charge in [0.1, 0.15) is 0 Å². The molecule has 0 rings (SSSR count). The van der Waals surface area contributed by atoms with E-state index in [1.807, 2.05) is 16.3 Å². The molecule has 22 heavy (non-hydrogen) atoms. The van der Waals surface area contributed by atoms with E-state index in [1.54, 1.807) is 0 Å². The first kappa shape index (κ1) is 22.3. The predicted molar refractivity (Wildman–Crippen MR) is 80.1 cm³/mol. The molecule has 0 aliphatic rings. The van der Waals surface area contributed by atoms with E-state index in [2.05, 4.69) is 6.58 Å². The Balaban J connectivity index is 0. The van der Waals surface area contributed by atoms with Crippen LogP contribution in [0.15, 0.2) is 12.2 Å². The molecule has 10 nitrogen and oxygen atoms in total. The van der Waals surface area contributed by atoms with Crippen LogP contribution in [0, 0.1) is 0 Å². The second kappa shape index (κ2) is 13.9. The van der Waals surface area contributed by atoms with Crippen LogP contribution in [-0.4, -0.2) is 23.0 Å². The molecule has 0 aromatic carbocycles. The van der Waals surface area contributed by atoms with E-state index in [1.165, 1.54) is 0 Å². The molecule has 0 unspecified atom stereocenters. The van der Waals surface area contributed by atoms with Gasteiger partial charge in [0.25, 0.3) is 0 Å². The van der Waals surface area contributed by atoms with Gasteiger partial charge in [-0.1, -0.05) is 6.58 Å². The summed E-state index contributed by atoms with van der Waals surface area (Å²) >= 11 is 4.97. The van der Waals surface area contributed by atoms with E-state index in [-0.39, 0.29) is 23.8 Å². The van der Waals surface area contributed by atoms with Crippen LogP contribution < -0.4 is 33.8 Å². The molecular weight excluding hydrogens is 316 g/mol. The van der Waals surface area contributed by atoms with Gasteiger partial charge in [-0.05, 0) is 24.4 Å². The molecule has 0 atom stereocenters. The Kier molecular flexibility index (Phi) is 14.1. The van der Waals surface area contributed by atoms with Crippen LogP contribution in [0.5, 0.6) is 0 Å². The summed E-state index contributed by atoms with van der Waals surface area (Å²) in [6.07, 6.45) is 1.80. The number of hydrogen-bond donors (Lipinski definition) is 6. The van der Waals surface area contributed by atoms with Gasteiger partial charge in [-0.2, -0.15) is 0 Å². The summed E-state index contributed by atoms with van der Waals surface area (Å²) in [6, 6.07) is 0. The lowest BCUT2D eigenvalue weighted by Crippen LogP contribution is -2.30. The molecule has 0 spiro atoms. The highest BCUT2D eigenvalue weighted by Crippen LogP contribution is 2.01. The zero-order valence-corrected chi connectivity index (χ0v) is 12.7. The minimum absolute atomic E-state index is 0.0321. The van der Waals surface area contributed by atoms with Crippen molar-refractivity contribution in [3.63, 3.8) is 0 Å². The molecule has 126 valence electrons. The minimum Gasteiger partial charge on any atom is -0.294 e. The number of nitrogens with one attached hydrogen (secondary N) is 3. The fraction of sp³-hybridized carbons (Fsp3) is 0.455. The summed E-state index contributed by atoms with van der Waals surface area (Å²) in [5, 5.41) is -0.719. The smallest absolute Gasteiger partial charge is 0.248 e. The number of carbonyl (C=O) groups excluding carboxylic acids is 4. The highest BCUT2D eigenvalue weighted by molar-refractivity contribution is 6.67.